The van der Waals surface area contributed by atoms with Crippen molar-refractivity contribution in [3.05, 3.63) is 29.6 Å². The normalized spacial score (nSPS) is 10.8. The van der Waals surface area contributed by atoms with Crippen molar-refractivity contribution in [3.8, 4) is 17.6 Å². The van der Waals surface area contributed by atoms with Gasteiger partial charge in [0.25, 0.3) is 0 Å². The molecule has 0 radical (unpaired) electrons. The van der Waals surface area contributed by atoms with Gasteiger partial charge in [-0.2, -0.15) is 13.2 Å². The van der Waals surface area contributed by atoms with Gasteiger partial charge in [0.15, 0.2) is 11.6 Å². The third-order valence-corrected chi connectivity index (χ3v) is 2.11. The molecular weight excluding hydrogens is 264 g/mol. The summed E-state index contributed by atoms with van der Waals surface area (Å²) in [5, 5.41) is 8.52. The van der Waals surface area contributed by atoms with Gasteiger partial charge in [0.1, 0.15) is 6.61 Å². The number of aliphatic hydroxyl groups is 1. The maximum atomic E-state index is 13.3. The molecule has 0 spiro atoms. The Morgan fingerprint density at radius 1 is 1.26 bits per heavy atom. The number of ether oxygens (including phenoxy) is 1. The van der Waals surface area contributed by atoms with Crippen LogP contribution in [0.5, 0.6) is 5.75 Å². The first-order valence-corrected chi connectivity index (χ1v) is 5.51. The van der Waals surface area contributed by atoms with E-state index in [4.69, 9.17) is 9.84 Å². The molecule has 0 heterocycles. The number of aliphatic hydroxyl groups excluding tert-OH is 1. The van der Waals surface area contributed by atoms with Crippen LogP contribution in [0, 0.1) is 17.7 Å². The fourth-order valence-electron chi connectivity index (χ4n) is 1.29. The maximum Gasteiger partial charge on any atom is 0.389 e. The predicted molar refractivity (Wildman–Crippen MR) is 61.1 cm³/mol. The van der Waals surface area contributed by atoms with Gasteiger partial charge >= 0.3 is 6.18 Å². The molecule has 1 aromatic carbocycles. The van der Waals surface area contributed by atoms with Gasteiger partial charge < -0.3 is 9.84 Å². The summed E-state index contributed by atoms with van der Waals surface area (Å²) >= 11 is 0. The molecule has 0 saturated carbocycles. The molecule has 0 saturated heterocycles. The molecule has 0 aliphatic carbocycles. The number of hydrogen-bond donors (Lipinski definition) is 1. The molecule has 2 nitrogen and oxygen atoms in total. The van der Waals surface area contributed by atoms with E-state index in [1.54, 1.807) is 0 Å². The van der Waals surface area contributed by atoms with Crippen LogP contribution in [0.25, 0.3) is 0 Å². The molecule has 0 aromatic heterocycles. The van der Waals surface area contributed by atoms with Crippen molar-refractivity contribution in [1.29, 1.82) is 0 Å². The zero-order chi connectivity index (χ0) is 14.3. The second-order valence-corrected chi connectivity index (χ2v) is 3.67. The fourth-order valence-corrected chi connectivity index (χ4v) is 1.29. The SMILES string of the molecule is OCC#Cc1ccc(F)c(OCCCC(F)(F)F)c1. The van der Waals surface area contributed by atoms with Crippen molar-refractivity contribution in [3.63, 3.8) is 0 Å². The first kappa shape index (κ1) is 15.3. The van der Waals surface area contributed by atoms with E-state index in [2.05, 4.69) is 11.8 Å². The Bertz CT molecular complexity index is 472. The molecule has 0 bridgehead atoms. The Kier molecular flexibility index (Phi) is 5.64. The zero-order valence-corrected chi connectivity index (χ0v) is 9.93. The van der Waals surface area contributed by atoms with E-state index >= 15 is 0 Å². The Balaban J connectivity index is 2.57. The molecule has 0 atom stereocenters. The second-order valence-electron chi connectivity index (χ2n) is 3.67. The molecular formula is C13H12F4O2. The van der Waals surface area contributed by atoms with E-state index in [1.807, 2.05) is 0 Å². The third-order valence-electron chi connectivity index (χ3n) is 2.11. The molecule has 6 heteroatoms. The Morgan fingerprint density at radius 3 is 2.63 bits per heavy atom. The molecule has 0 unspecified atom stereocenters. The molecule has 19 heavy (non-hydrogen) atoms. The number of hydrogen-bond acceptors (Lipinski definition) is 2. The highest BCUT2D eigenvalue weighted by Gasteiger charge is 2.26. The minimum Gasteiger partial charge on any atom is -0.490 e. The molecule has 1 N–H and O–H groups in total. The molecule has 104 valence electrons. The van der Waals surface area contributed by atoms with E-state index in [9.17, 15) is 17.6 Å². The minimum absolute atomic E-state index is 0.146. The van der Waals surface area contributed by atoms with Crippen molar-refractivity contribution in [2.45, 2.75) is 19.0 Å². The number of halogens is 4. The third kappa shape index (κ3) is 6.11. The highest BCUT2D eigenvalue weighted by Crippen LogP contribution is 2.22. The van der Waals surface area contributed by atoms with E-state index in [-0.39, 0.29) is 25.4 Å². The fraction of sp³-hybridized carbons (Fsp3) is 0.385. The monoisotopic (exact) mass is 276 g/mol. The highest BCUT2D eigenvalue weighted by molar-refractivity contribution is 5.40. The van der Waals surface area contributed by atoms with E-state index in [0.717, 1.165) is 6.07 Å². The molecule has 0 amide bonds. The van der Waals surface area contributed by atoms with Crippen LogP contribution in [0.15, 0.2) is 18.2 Å². The number of benzene rings is 1. The number of alkyl halides is 3. The average molecular weight is 276 g/mol. The minimum atomic E-state index is -4.24. The quantitative estimate of drug-likeness (QED) is 0.520. The van der Waals surface area contributed by atoms with Crippen LogP contribution in [-0.2, 0) is 0 Å². The maximum absolute atomic E-state index is 13.3. The Labute approximate surface area is 108 Å². The lowest BCUT2D eigenvalue weighted by atomic mass is 10.2. The van der Waals surface area contributed by atoms with Gasteiger partial charge in [-0.05, 0) is 24.6 Å². The lowest BCUT2D eigenvalue weighted by molar-refractivity contribution is -0.136. The summed E-state index contributed by atoms with van der Waals surface area (Å²) < 4.78 is 53.9. The van der Waals surface area contributed by atoms with E-state index in [1.165, 1.54) is 12.1 Å². The standard InChI is InChI=1S/C13H12F4O2/c14-11-5-4-10(3-1-7-18)9-12(11)19-8-2-6-13(15,16)17/h4-5,9,18H,2,6-8H2. The molecule has 1 aromatic rings. The molecule has 1 rings (SSSR count). The van der Waals surface area contributed by atoms with Gasteiger partial charge in [0.2, 0.25) is 0 Å². The van der Waals surface area contributed by atoms with E-state index in [0.29, 0.717) is 5.56 Å². The van der Waals surface area contributed by atoms with Crippen LogP contribution < -0.4 is 4.74 Å². The van der Waals surface area contributed by atoms with Crippen LogP contribution >= 0.6 is 0 Å². The van der Waals surface area contributed by atoms with Crippen molar-refractivity contribution >= 4 is 0 Å². The Hall–Kier alpha value is -1.74. The van der Waals surface area contributed by atoms with Crippen LogP contribution in [0.2, 0.25) is 0 Å². The summed E-state index contributed by atoms with van der Waals surface area (Å²) in [6.45, 7) is -0.563. The average Bonchev–Trinajstić information content (AvgIpc) is 2.33. The number of rotatable bonds is 4. The molecule has 0 fully saturated rings. The van der Waals surface area contributed by atoms with Gasteiger partial charge in [-0.15, -0.1) is 0 Å². The van der Waals surface area contributed by atoms with Crippen LogP contribution in [0.3, 0.4) is 0 Å². The topological polar surface area (TPSA) is 29.5 Å². The lowest BCUT2D eigenvalue weighted by Gasteiger charge is -2.09. The largest absolute Gasteiger partial charge is 0.490 e. The summed E-state index contributed by atoms with van der Waals surface area (Å²) in [6, 6.07) is 3.78. The van der Waals surface area contributed by atoms with Gasteiger partial charge in [-0.3, -0.25) is 0 Å². The summed E-state index contributed by atoms with van der Waals surface area (Å²) in [5.74, 6) is 4.12. The zero-order valence-electron chi connectivity index (χ0n) is 9.93. The molecule has 0 aliphatic heterocycles. The van der Waals surface area contributed by atoms with Gasteiger partial charge in [0, 0.05) is 12.0 Å². The van der Waals surface area contributed by atoms with Gasteiger partial charge in [0.05, 0.1) is 6.61 Å². The smallest absolute Gasteiger partial charge is 0.389 e. The van der Waals surface area contributed by atoms with Crippen LogP contribution in [-0.4, -0.2) is 24.5 Å². The summed E-state index contributed by atoms with van der Waals surface area (Å²) in [5.41, 5.74) is 0.418. The summed E-state index contributed by atoms with van der Waals surface area (Å²) in [4.78, 5) is 0. The van der Waals surface area contributed by atoms with Crippen molar-refractivity contribution in [2.24, 2.45) is 0 Å². The summed E-state index contributed by atoms with van der Waals surface area (Å²) in [6.07, 6.45) is -5.45. The first-order valence-electron chi connectivity index (χ1n) is 5.51. The van der Waals surface area contributed by atoms with Crippen molar-refractivity contribution in [2.75, 3.05) is 13.2 Å². The first-order chi connectivity index (χ1) is 8.92. The van der Waals surface area contributed by atoms with Crippen LogP contribution in [0.1, 0.15) is 18.4 Å². The van der Waals surface area contributed by atoms with Gasteiger partial charge in [-0.1, -0.05) is 11.8 Å². The highest BCUT2D eigenvalue weighted by atomic mass is 19.4. The predicted octanol–water partition coefficient (Wildman–Crippen LogP) is 2.89. The lowest BCUT2D eigenvalue weighted by Crippen LogP contribution is -2.10. The van der Waals surface area contributed by atoms with Gasteiger partial charge in [-0.25, -0.2) is 4.39 Å². The van der Waals surface area contributed by atoms with Crippen molar-refractivity contribution < 1.29 is 27.4 Å². The Morgan fingerprint density at radius 2 is 2.00 bits per heavy atom. The van der Waals surface area contributed by atoms with Crippen LogP contribution in [0.4, 0.5) is 17.6 Å². The van der Waals surface area contributed by atoms with E-state index < -0.39 is 18.4 Å². The summed E-state index contributed by atoms with van der Waals surface area (Å²) in [7, 11) is 0. The second kappa shape index (κ2) is 7.00. The van der Waals surface area contributed by atoms with Crippen molar-refractivity contribution in [1.82, 2.24) is 0 Å². The molecule has 0 aliphatic rings.